The van der Waals surface area contributed by atoms with Crippen LogP contribution in [0.25, 0.3) is 0 Å². The highest BCUT2D eigenvalue weighted by molar-refractivity contribution is 7.92. The van der Waals surface area contributed by atoms with Gasteiger partial charge in [-0.3, -0.25) is 14.2 Å². The van der Waals surface area contributed by atoms with Gasteiger partial charge in [0.15, 0.2) is 5.75 Å². The van der Waals surface area contributed by atoms with Gasteiger partial charge in [-0.15, -0.1) is 0 Å². The molecule has 11 nitrogen and oxygen atoms in total. The van der Waals surface area contributed by atoms with Crippen LogP contribution in [0.15, 0.2) is 46.9 Å². The summed E-state index contributed by atoms with van der Waals surface area (Å²) in [5, 5.41) is 18.2. The molecule has 1 amide bonds. The molecule has 2 aromatic carbocycles. The summed E-state index contributed by atoms with van der Waals surface area (Å²) in [5.41, 5.74) is 5.82. The Kier molecular flexibility index (Phi) is 7.31. The molecule has 12 heteroatoms. The van der Waals surface area contributed by atoms with E-state index in [1.54, 1.807) is 18.2 Å². The first-order valence-electron chi connectivity index (χ1n) is 13.6. The Morgan fingerprint density at radius 3 is 2.46 bits per heavy atom. The van der Waals surface area contributed by atoms with Crippen molar-refractivity contribution in [2.75, 3.05) is 35.0 Å². The maximum absolute atomic E-state index is 13.5. The topological polar surface area (TPSA) is 130 Å². The lowest BCUT2D eigenvalue weighted by atomic mass is 9.96. The monoisotopic (exact) mass is 579 g/mol. The summed E-state index contributed by atoms with van der Waals surface area (Å²) in [5.74, 6) is -0.104. The zero-order chi connectivity index (χ0) is 29.7. The second-order valence-electron chi connectivity index (χ2n) is 11.5. The molecular formula is C29H37N7O4S. The number of ether oxygens (including phenoxy) is 1. The molecule has 218 valence electrons. The van der Waals surface area contributed by atoms with E-state index in [4.69, 9.17) is 4.74 Å². The first-order valence-corrected chi connectivity index (χ1v) is 15.5. The molecule has 1 atom stereocenters. The van der Waals surface area contributed by atoms with Crippen LogP contribution in [0.2, 0.25) is 0 Å². The van der Waals surface area contributed by atoms with Crippen LogP contribution in [0.5, 0.6) is 5.75 Å². The number of carbonyl (C=O) groups excluding carboxylic acids is 1. The molecule has 2 heterocycles. The van der Waals surface area contributed by atoms with E-state index in [0.717, 1.165) is 47.2 Å². The van der Waals surface area contributed by atoms with Crippen LogP contribution >= 0.6 is 0 Å². The van der Waals surface area contributed by atoms with Gasteiger partial charge in [0, 0.05) is 22.9 Å². The van der Waals surface area contributed by atoms with Crippen LogP contribution in [0.4, 0.5) is 17.1 Å². The third-order valence-electron chi connectivity index (χ3n) is 7.86. The van der Waals surface area contributed by atoms with Gasteiger partial charge in [0.1, 0.15) is 6.04 Å². The van der Waals surface area contributed by atoms with E-state index in [9.17, 15) is 13.2 Å². The van der Waals surface area contributed by atoms with Gasteiger partial charge in [0.2, 0.25) is 10.0 Å². The van der Waals surface area contributed by atoms with Crippen molar-refractivity contribution in [3.05, 3.63) is 64.5 Å². The molecule has 1 aromatic heterocycles. The Balaban J connectivity index is 1.41. The standard InChI is InChI=1S/C29H37N7O4S/c1-17(2)36-19(4)22(15-30-36)25-16-35(34-32-25)26-12-20(9-8-18(26)3)28(37)31-23-13-21(29(5)10-11-29)14-24(27(23)40-6)33-41(7,38)39/h8-9,12-15,17,25,33H,10-11,16H2,1-7H3,(H,31,37). The smallest absolute Gasteiger partial charge is 0.255 e. The molecule has 41 heavy (non-hydrogen) atoms. The molecule has 0 spiro atoms. The normalized spacial score (nSPS) is 17.7. The van der Waals surface area contributed by atoms with Crippen LogP contribution in [0, 0.1) is 13.8 Å². The summed E-state index contributed by atoms with van der Waals surface area (Å²) < 4.78 is 34.2. The molecular weight excluding hydrogens is 542 g/mol. The van der Waals surface area contributed by atoms with Crippen molar-refractivity contribution < 1.29 is 17.9 Å². The third-order valence-corrected chi connectivity index (χ3v) is 8.45. The van der Waals surface area contributed by atoms with Gasteiger partial charge < -0.3 is 10.1 Å². The van der Waals surface area contributed by atoms with Gasteiger partial charge in [0.05, 0.1) is 43.2 Å². The molecule has 1 aliphatic carbocycles. The number of nitrogens with one attached hydrogen (secondary N) is 2. The Labute approximate surface area is 241 Å². The largest absolute Gasteiger partial charge is 0.492 e. The Morgan fingerprint density at radius 1 is 1.15 bits per heavy atom. The van der Waals surface area contributed by atoms with Gasteiger partial charge >= 0.3 is 0 Å². The summed E-state index contributed by atoms with van der Waals surface area (Å²) in [7, 11) is -2.13. The predicted octanol–water partition coefficient (Wildman–Crippen LogP) is 5.69. The number of benzene rings is 2. The first-order chi connectivity index (χ1) is 19.3. The fourth-order valence-corrected chi connectivity index (χ4v) is 5.77. The van der Waals surface area contributed by atoms with Gasteiger partial charge in [0.25, 0.3) is 5.91 Å². The van der Waals surface area contributed by atoms with Crippen LogP contribution in [-0.4, -0.2) is 44.0 Å². The van der Waals surface area contributed by atoms with E-state index in [-0.39, 0.29) is 29.2 Å². The average Bonchev–Trinajstić information content (AvgIpc) is 3.28. The zero-order valence-corrected chi connectivity index (χ0v) is 25.3. The van der Waals surface area contributed by atoms with Gasteiger partial charge in [-0.25, -0.2) is 13.4 Å². The van der Waals surface area contributed by atoms with E-state index < -0.39 is 10.0 Å². The van der Waals surface area contributed by atoms with Crippen molar-refractivity contribution in [1.82, 2.24) is 9.78 Å². The number of hydrogen-bond donors (Lipinski definition) is 2. The number of methoxy groups -OCH3 is 1. The van der Waals surface area contributed by atoms with Crippen LogP contribution in [0.1, 0.15) is 78.4 Å². The highest BCUT2D eigenvalue weighted by atomic mass is 32.2. The number of hydrogen-bond acceptors (Lipinski definition) is 8. The van der Waals surface area contributed by atoms with Gasteiger partial charge in [-0.05, 0) is 81.3 Å². The predicted molar refractivity (Wildman–Crippen MR) is 159 cm³/mol. The second-order valence-corrected chi connectivity index (χ2v) is 13.3. The van der Waals surface area contributed by atoms with Gasteiger partial charge in [-0.1, -0.05) is 18.2 Å². The molecule has 5 rings (SSSR count). The maximum Gasteiger partial charge on any atom is 0.255 e. The molecule has 1 aliphatic heterocycles. The SMILES string of the molecule is COc1c(NC(=O)c2ccc(C)c(N3CC(c4cnn(C(C)C)c4C)N=N3)c2)cc(C2(C)CC2)cc1NS(C)(=O)=O. The van der Waals surface area contributed by atoms with Crippen LogP contribution in [0.3, 0.4) is 0 Å². The lowest BCUT2D eigenvalue weighted by molar-refractivity contribution is 0.102. The third kappa shape index (κ3) is 5.79. The summed E-state index contributed by atoms with van der Waals surface area (Å²) in [6, 6.07) is 9.18. The Hall–Kier alpha value is -3.93. The highest BCUT2D eigenvalue weighted by Gasteiger charge is 2.40. The van der Waals surface area contributed by atoms with E-state index in [1.807, 2.05) is 41.9 Å². The first kappa shape index (κ1) is 28.6. The maximum atomic E-state index is 13.5. The molecule has 0 saturated heterocycles. The fraction of sp³-hybridized carbons (Fsp3) is 0.448. The van der Waals surface area contributed by atoms with Crippen LogP contribution < -0.4 is 19.8 Å². The minimum atomic E-state index is -3.57. The van der Waals surface area contributed by atoms with E-state index >= 15 is 0 Å². The van der Waals surface area contributed by atoms with E-state index in [1.165, 1.54) is 7.11 Å². The molecule has 1 saturated carbocycles. The number of sulfonamides is 1. The van der Waals surface area contributed by atoms with Crippen molar-refractivity contribution >= 4 is 33.0 Å². The zero-order valence-electron chi connectivity index (χ0n) is 24.5. The highest BCUT2D eigenvalue weighted by Crippen LogP contribution is 2.51. The van der Waals surface area contributed by atoms with Crippen LogP contribution in [-0.2, 0) is 15.4 Å². The molecule has 1 fully saturated rings. The van der Waals surface area contributed by atoms with Crippen molar-refractivity contribution in [1.29, 1.82) is 0 Å². The van der Waals surface area contributed by atoms with Crippen molar-refractivity contribution in [2.45, 2.75) is 65.0 Å². The van der Waals surface area contributed by atoms with Crippen molar-refractivity contribution in [2.24, 2.45) is 10.3 Å². The lowest BCUT2D eigenvalue weighted by Gasteiger charge is -2.20. The molecule has 1 unspecified atom stereocenters. The molecule has 2 N–H and O–H groups in total. The average molecular weight is 580 g/mol. The number of carbonyl (C=O) groups is 1. The van der Waals surface area contributed by atoms with Gasteiger partial charge in [-0.2, -0.15) is 10.2 Å². The summed E-state index contributed by atoms with van der Waals surface area (Å²) in [6.07, 6.45) is 4.91. The molecule has 0 radical (unpaired) electrons. The minimum Gasteiger partial charge on any atom is -0.492 e. The number of anilines is 3. The second kappa shape index (κ2) is 10.5. The number of rotatable bonds is 9. The Morgan fingerprint density at radius 2 is 1.85 bits per heavy atom. The summed E-state index contributed by atoms with van der Waals surface area (Å²) in [6.45, 7) is 10.8. The quantitative estimate of drug-likeness (QED) is 0.335. The number of aryl methyl sites for hydroxylation is 1. The van der Waals surface area contributed by atoms with Crippen molar-refractivity contribution in [3.8, 4) is 5.75 Å². The minimum absolute atomic E-state index is 0.0714. The fourth-order valence-electron chi connectivity index (χ4n) is 5.22. The number of amides is 1. The molecule has 0 bridgehead atoms. The summed E-state index contributed by atoms with van der Waals surface area (Å²) in [4.78, 5) is 13.5. The van der Waals surface area contributed by atoms with E-state index in [0.29, 0.717) is 23.5 Å². The molecule has 3 aromatic rings. The molecule has 2 aliphatic rings. The summed E-state index contributed by atoms with van der Waals surface area (Å²) >= 11 is 0. The van der Waals surface area contributed by atoms with E-state index in [2.05, 4.69) is 46.2 Å². The van der Waals surface area contributed by atoms with Crippen molar-refractivity contribution in [3.63, 3.8) is 0 Å². The number of nitrogens with zero attached hydrogens (tertiary/aromatic N) is 5. The Bertz CT molecular complexity index is 1640. The lowest BCUT2D eigenvalue weighted by Crippen LogP contribution is -2.19. The number of aromatic nitrogens is 2.